The second-order valence-electron chi connectivity index (χ2n) is 3.25. The van der Waals surface area contributed by atoms with E-state index >= 15 is 0 Å². The molecule has 1 N–H and O–H groups in total. The molecule has 0 amide bonds. The summed E-state index contributed by atoms with van der Waals surface area (Å²) in [6, 6.07) is 1.69. The number of rotatable bonds is 4. The summed E-state index contributed by atoms with van der Waals surface area (Å²) in [7, 11) is 0. The van der Waals surface area contributed by atoms with Crippen LogP contribution in [-0.4, -0.2) is 16.1 Å². The molecule has 0 spiro atoms. The van der Waals surface area contributed by atoms with Crippen molar-refractivity contribution < 1.29 is 14.3 Å². The molecule has 7 heteroatoms. The lowest BCUT2D eigenvalue weighted by atomic mass is 10.3. The molecule has 17 heavy (non-hydrogen) atoms. The van der Waals surface area contributed by atoms with Crippen LogP contribution in [0, 0.1) is 0 Å². The van der Waals surface area contributed by atoms with Crippen LogP contribution in [0.15, 0.2) is 16.7 Å². The Morgan fingerprint density at radius 3 is 2.88 bits per heavy atom. The maximum absolute atomic E-state index is 10.4. The number of aryl methyl sites for hydroxylation is 1. The van der Waals surface area contributed by atoms with Gasteiger partial charge in [-0.15, -0.1) is 11.3 Å². The molecular weight excluding hydrogens is 285 g/mol. The summed E-state index contributed by atoms with van der Waals surface area (Å²) in [6.07, 6.45) is 1.75. The highest BCUT2D eigenvalue weighted by Gasteiger charge is 2.13. The minimum Gasteiger partial charge on any atom is -0.481 e. The summed E-state index contributed by atoms with van der Waals surface area (Å²) in [5.74, 6) is -0.0133. The zero-order valence-corrected chi connectivity index (χ0v) is 10.8. The van der Waals surface area contributed by atoms with Gasteiger partial charge in [0, 0.05) is 12.0 Å². The fourth-order valence-electron chi connectivity index (χ4n) is 1.27. The maximum Gasteiger partial charge on any atom is 0.303 e. The molecule has 90 valence electrons. The van der Waals surface area contributed by atoms with Crippen LogP contribution in [0.2, 0.25) is 8.67 Å². The van der Waals surface area contributed by atoms with Crippen molar-refractivity contribution in [3.63, 3.8) is 0 Å². The number of hydrogen-bond acceptors (Lipinski definition) is 4. The van der Waals surface area contributed by atoms with E-state index in [9.17, 15) is 4.79 Å². The third-order valence-electron chi connectivity index (χ3n) is 2.03. The van der Waals surface area contributed by atoms with E-state index < -0.39 is 5.97 Å². The Morgan fingerprint density at radius 1 is 1.53 bits per heavy atom. The zero-order valence-electron chi connectivity index (χ0n) is 8.44. The number of aliphatic carboxylic acids is 1. The SMILES string of the molecule is O=C(O)CCc1ncc(-c2cc(Cl)sc2Cl)o1. The average molecular weight is 292 g/mol. The van der Waals surface area contributed by atoms with Crippen LogP contribution in [0.3, 0.4) is 0 Å². The third-order valence-corrected chi connectivity index (χ3v) is 3.52. The molecule has 0 aliphatic carbocycles. The third kappa shape index (κ3) is 3.00. The predicted molar refractivity (Wildman–Crippen MR) is 65.8 cm³/mol. The Labute approximate surface area is 111 Å². The number of halogens is 2. The van der Waals surface area contributed by atoms with Crippen LogP contribution in [-0.2, 0) is 11.2 Å². The van der Waals surface area contributed by atoms with Gasteiger partial charge < -0.3 is 9.52 Å². The number of oxazole rings is 1. The number of hydrogen-bond donors (Lipinski definition) is 1. The molecule has 0 aliphatic rings. The van der Waals surface area contributed by atoms with E-state index in [2.05, 4.69) is 4.98 Å². The number of carbonyl (C=O) groups is 1. The van der Waals surface area contributed by atoms with Gasteiger partial charge in [0.2, 0.25) is 0 Å². The van der Waals surface area contributed by atoms with Crippen molar-refractivity contribution in [3.05, 3.63) is 26.8 Å². The zero-order chi connectivity index (χ0) is 12.4. The predicted octanol–water partition coefficient (Wildman–Crippen LogP) is 3.73. The van der Waals surface area contributed by atoms with Crippen molar-refractivity contribution in [1.29, 1.82) is 0 Å². The average Bonchev–Trinajstić information content (AvgIpc) is 2.82. The minimum atomic E-state index is -0.888. The molecule has 0 unspecified atom stereocenters. The first-order chi connectivity index (χ1) is 8.06. The second kappa shape index (κ2) is 5.08. The van der Waals surface area contributed by atoms with Crippen LogP contribution >= 0.6 is 34.5 Å². The molecule has 2 heterocycles. The molecule has 0 radical (unpaired) electrons. The molecule has 0 saturated heterocycles. The van der Waals surface area contributed by atoms with Gasteiger partial charge in [-0.05, 0) is 6.07 Å². The highest BCUT2D eigenvalue weighted by atomic mass is 35.5. The number of carboxylic acids is 1. The smallest absolute Gasteiger partial charge is 0.303 e. The first-order valence-corrected chi connectivity index (χ1v) is 6.25. The summed E-state index contributed by atoms with van der Waals surface area (Å²) < 4.78 is 6.49. The van der Waals surface area contributed by atoms with Gasteiger partial charge in [-0.2, -0.15) is 0 Å². The molecule has 0 bridgehead atoms. The maximum atomic E-state index is 10.4. The monoisotopic (exact) mass is 291 g/mol. The van der Waals surface area contributed by atoms with Crippen LogP contribution in [0.25, 0.3) is 11.3 Å². The summed E-state index contributed by atoms with van der Waals surface area (Å²) in [5, 5.41) is 8.54. The van der Waals surface area contributed by atoms with Gasteiger partial charge in [-0.25, -0.2) is 4.98 Å². The lowest BCUT2D eigenvalue weighted by molar-refractivity contribution is -0.137. The quantitative estimate of drug-likeness (QED) is 0.932. The van der Waals surface area contributed by atoms with E-state index in [0.717, 1.165) is 0 Å². The lowest BCUT2D eigenvalue weighted by Gasteiger charge is -1.92. The van der Waals surface area contributed by atoms with Gasteiger partial charge in [0.1, 0.15) is 4.34 Å². The van der Waals surface area contributed by atoms with Crippen molar-refractivity contribution in [2.75, 3.05) is 0 Å². The Bertz CT molecular complexity index is 549. The van der Waals surface area contributed by atoms with Crippen molar-refractivity contribution >= 4 is 40.5 Å². The fraction of sp³-hybridized carbons (Fsp3) is 0.200. The molecule has 4 nitrogen and oxygen atoms in total. The largest absolute Gasteiger partial charge is 0.481 e. The van der Waals surface area contributed by atoms with Crippen molar-refractivity contribution in [2.45, 2.75) is 12.8 Å². The molecule has 2 aromatic heterocycles. The molecule has 0 aliphatic heterocycles. The van der Waals surface area contributed by atoms with Crippen molar-refractivity contribution in [2.24, 2.45) is 0 Å². The van der Waals surface area contributed by atoms with E-state index in [4.69, 9.17) is 32.7 Å². The van der Waals surface area contributed by atoms with Crippen molar-refractivity contribution in [3.8, 4) is 11.3 Å². The van der Waals surface area contributed by atoms with Crippen molar-refractivity contribution in [1.82, 2.24) is 4.98 Å². The summed E-state index contributed by atoms with van der Waals surface area (Å²) in [6.45, 7) is 0. The first kappa shape index (κ1) is 12.4. The van der Waals surface area contributed by atoms with Gasteiger partial charge in [-0.1, -0.05) is 23.2 Å². The fourth-order valence-corrected chi connectivity index (χ4v) is 2.75. The van der Waals surface area contributed by atoms with Gasteiger partial charge in [0.05, 0.1) is 17.0 Å². The van der Waals surface area contributed by atoms with E-state index in [-0.39, 0.29) is 12.8 Å². The Balaban J connectivity index is 2.18. The van der Waals surface area contributed by atoms with Crippen LogP contribution in [0.5, 0.6) is 0 Å². The van der Waals surface area contributed by atoms with Gasteiger partial charge >= 0.3 is 5.97 Å². The van der Waals surface area contributed by atoms with E-state index in [1.54, 1.807) is 6.07 Å². The molecule has 0 aromatic carbocycles. The van der Waals surface area contributed by atoms with Gasteiger partial charge in [0.15, 0.2) is 11.7 Å². The molecule has 2 rings (SSSR count). The first-order valence-electron chi connectivity index (χ1n) is 4.68. The number of carboxylic acid groups (broad SMARTS) is 1. The molecule has 0 fully saturated rings. The lowest BCUT2D eigenvalue weighted by Crippen LogP contribution is -1.97. The Morgan fingerprint density at radius 2 is 2.29 bits per heavy atom. The summed E-state index contributed by atoms with van der Waals surface area (Å²) in [4.78, 5) is 14.4. The Kier molecular flexibility index (Phi) is 3.71. The number of thiophene rings is 1. The molecule has 2 aromatic rings. The topological polar surface area (TPSA) is 63.3 Å². The normalized spacial score (nSPS) is 10.7. The number of nitrogens with zero attached hydrogens (tertiary/aromatic N) is 1. The van der Waals surface area contributed by atoms with Crippen LogP contribution in [0.4, 0.5) is 0 Å². The van der Waals surface area contributed by atoms with E-state index in [1.807, 2.05) is 0 Å². The second-order valence-corrected chi connectivity index (χ2v) is 5.54. The van der Waals surface area contributed by atoms with E-state index in [1.165, 1.54) is 17.5 Å². The highest BCUT2D eigenvalue weighted by Crippen LogP contribution is 2.38. The summed E-state index contributed by atoms with van der Waals surface area (Å²) in [5.41, 5.74) is 0.677. The minimum absolute atomic E-state index is 0.0158. The van der Waals surface area contributed by atoms with Gasteiger partial charge in [-0.3, -0.25) is 4.79 Å². The molecule has 0 atom stereocenters. The van der Waals surface area contributed by atoms with Crippen LogP contribution in [0.1, 0.15) is 12.3 Å². The van der Waals surface area contributed by atoms with Gasteiger partial charge in [0.25, 0.3) is 0 Å². The summed E-state index contributed by atoms with van der Waals surface area (Å²) >= 11 is 13.0. The molecule has 0 saturated carbocycles. The van der Waals surface area contributed by atoms with Crippen LogP contribution < -0.4 is 0 Å². The van der Waals surface area contributed by atoms with E-state index in [0.29, 0.717) is 25.9 Å². The Hall–Kier alpha value is -1.04. The highest BCUT2D eigenvalue weighted by molar-refractivity contribution is 7.20. The number of aromatic nitrogens is 1. The standard InChI is InChI=1S/C10H7Cl2NO3S/c11-7-3-5(10(12)17-7)6-4-13-8(16-6)1-2-9(14)15/h3-4H,1-2H2,(H,14,15). The molecular formula is C10H7Cl2NO3S.